The molecule has 0 atom stereocenters. The van der Waals surface area contributed by atoms with Gasteiger partial charge >= 0.3 is 0 Å². The highest BCUT2D eigenvalue weighted by Gasteiger charge is 2.07. The highest BCUT2D eigenvalue weighted by Crippen LogP contribution is 2.24. The van der Waals surface area contributed by atoms with Crippen LogP contribution in [0.25, 0.3) is 10.9 Å². The van der Waals surface area contributed by atoms with Gasteiger partial charge in [0.15, 0.2) is 0 Å². The fourth-order valence-corrected chi connectivity index (χ4v) is 1.90. The number of hydrogen-bond acceptors (Lipinski definition) is 5. The Kier molecular flexibility index (Phi) is 3.64. The van der Waals surface area contributed by atoms with E-state index in [1.165, 1.54) is 0 Å². The Morgan fingerprint density at radius 3 is 2.72 bits per heavy atom. The van der Waals surface area contributed by atoms with Gasteiger partial charge in [-0.1, -0.05) is 0 Å². The maximum Gasteiger partial charge on any atom is 0.145 e. The summed E-state index contributed by atoms with van der Waals surface area (Å²) in [5, 5.41) is 1.08. The van der Waals surface area contributed by atoms with Gasteiger partial charge < -0.3 is 15.1 Å². The van der Waals surface area contributed by atoms with Crippen molar-refractivity contribution in [3.05, 3.63) is 29.8 Å². The van der Waals surface area contributed by atoms with Crippen LogP contribution in [0.5, 0.6) is 5.75 Å². The van der Waals surface area contributed by atoms with Gasteiger partial charge in [0, 0.05) is 23.6 Å². The largest absolute Gasteiger partial charge is 0.497 e. The van der Waals surface area contributed by atoms with E-state index >= 15 is 0 Å². The number of aromatic nitrogens is 1. The maximum atomic E-state index is 5.53. The molecule has 96 valence electrons. The Hall–Kier alpha value is -1.85. The Bertz CT molecular complexity index is 554. The lowest BCUT2D eigenvalue weighted by Crippen LogP contribution is -2.16. The number of pyridine rings is 1. The summed E-state index contributed by atoms with van der Waals surface area (Å²) in [4.78, 5) is 6.59. The van der Waals surface area contributed by atoms with Gasteiger partial charge in [0.1, 0.15) is 11.6 Å². The first kappa shape index (κ1) is 12.6. The number of nitrogens with zero attached hydrogens (tertiary/aromatic N) is 2. The van der Waals surface area contributed by atoms with Crippen molar-refractivity contribution in [3.8, 4) is 5.75 Å². The lowest BCUT2D eigenvalue weighted by atomic mass is 10.1. The van der Waals surface area contributed by atoms with Gasteiger partial charge in [-0.15, -0.1) is 0 Å². The van der Waals surface area contributed by atoms with Crippen molar-refractivity contribution in [1.29, 1.82) is 0 Å². The second-order valence-corrected chi connectivity index (χ2v) is 4.44. The molecule has 1 aromatic heterocycles. The van der Waals surface area contributed by atoms with Gasteiger partial charge in [0.05, 0.1) is 12.6 Å². The van der Waals surface area contributed by atoms with Crippen molar-refractivity contribution in [3.63, 3.8) is 0 Å². The molecule has 2 rings (SSSR count). The van der Waals surface area contributed by atoms with E-state index < -0.39 is 0 Å². The normalized spacial score (nSPS) is 10.9. The topological polar surface area (TPSA) is 63.4 Å². The van der Waals surface area contributed by atoms with Gasteiger partial charge in [-0.3, -0.25) is 0 Å². The minimum atomic E-state index is 0.699. The van der Waals surface area contributed by atoms with Gasteiger partial charge in [0.25, 0.3) is 0 Å². The number of ether oxygens (including phenoxy) is 1. The van der Waals surface area contributed by atoms with Crippen molar-refractivity contribution in [2.75, 3.05) is 26.6 Å². The summed E-state index contributed by atoms with van der Waals surface area (Å²) in [5.74, 6) is 7.01. The molecule has 18 heavy (non-hydrogen) atoms. The molecule has 1 aromatic carbocycles. The molecule has 0 saturated heterocycles. The number of hydrazine groups is 1. The van der Waals surface area contributed by atoms with Crippen LogP contribution >= 0.6 is 0 Å². The van der Waals surface area contributed by atoms with Gasteiger partial charge in [-0.2, -0.15) is 0 Å². The van der Waals surface area contributed by atoms with Crippen molar-refractivity contribution in [1.82, 2.24) is 9.88 Å². The van der Waals surface area contributed by atoms with Gasteiger partial charge in [-0.05, 0) is 32.3 Å². The highest BCUT2D eigenvalue weighted by atomic mass is 16.5. The molecule has 0 radical (unpaired) electrons. The molecule has 0 amide bonds. The number of anilines is 1. The predicted molar refractivity (Wildman–Crippen MR) is 73.5 cm³/mol. The first-order chi connectivity index (χ1) is 8.63. The first-order valence-electron chi connectivity index (χ1n) is 5.73. The zero-order valence-electron chi connectivity index (χ0n) is 10.9. The molecule has 0 bridgehead atoms. The van der Waals surface area contributed by atoms with E-state index in [2.05, 4.69) is 21.4 Å². The summed E-state index contributed by atoms with van der Waals surface area (Å²) in [6.45, 7) is 0.786. The Balaban J connectivity index is 2.53. The summed E-state index contributed by atoms with van der Waals surface area (Å²) in [7, 11) is 5.67. The summed E-state index contributed by atoms with van der Waals surface area (Å²) in [6, 6.07) is 7.92. The number of benzene rings is 1. The molecule has 0 aliphatic carbocycles. The molecule has 0 unspecified atom stereocenters. The molecule has 0 spiro atoms. The van der Waals surface area contributed by atoms with Crippen LogP contribution in [0.1, 0.15) is 5.56 Å². The number of nitrogen functional groups attached to an aromatic ring is 1. The molecule has 5 nitrogen and oxygen atoms in total. The van der Waals surface area contributed by atoms with Crippen LogP contribution in [0.15, 0.2) is 24.3 Å². The van der Waals surface area contributed by atoms with Gasteiger partial charge in [0.2, 0.25) is 0 Å². The van der Waals surface area contributed by atoms with Crippen LogP contribution in [0.2, 0.25) is 0 Å². The molecule has 5 heteroatoms. The minimum Gasteiger partial charge on any atom is -0.497 e. The van der Waals surface area contributed by atoms with E-state index in [-0.39, 0.29) is 0 Å². The molecule has 0 saturated carbocycles. The summed E-state index contributed by atoms with van der Waals surface area (Å²) in [6.07, 6.45) is 0. The Labute approximate surface area is 107 Å². The van der Waals surface area contributed by atoms with Crippen LogP contribution in [-0.4, -0.2) is 31.1 Å². The number of nitrogens with one attached hydrogen (secondary N) is 1. The third kappa shape index (κ3) is 2.52. The van der Waals surface area contributed by atoms with Gasteiger partial charge in [-0.25, -0.2) is 10.8 Å². The third-order valence-electron chi connectivity index (χ3n) is 2.73. The van der Waals surface area contributed by atoms with Crippen LogP contribution in [0, 0.1) is 0 Å². The van der Waals surface area contributed by atoms with Crippen LogP contribution < -0.4 is 16.0 Å². The zero-order chi connectivity index (χ0) is 13.1. The smallest absolute Gasteiger partial charge is 0.145 e. The van der Waals surface area contributed by atoms with E-state index in [1.807, 2.05) is 32.3 Å². The van der Waals surface area contributed by atoms with Crippen LogP contribution in [0.3, 0.4) is 0 Å². The third-order valence-corrected chi connectivity index (χ3v) is 2.73. The summed E-state index contributed by atoms with van der Waals surface area (Å²) in [5.41, 5.74) is 4.59. The Morgan fingerprint density at radius 1 is 1.33 bits per heavy atom. The number of methoxy groups -OCH3 is 1. The average molecular weight is 246 g/mol. The summed E-state index contributed by atoms with van der Waals surface area (Å²) < 4.78 is 5.19. The lowest BCUT2D eigenvalue weighted by molar-refractivity contribution is 0.403. The van der Waals surface area contributed by atoms with E-state index in [9.17, 15) is 0 Å². The van der Waals surface area contributed by atoms with Crippen molar-refractivity contribution in [2.45, 2.75) is 6.54 Å². The number of rotatable bonds is 4. The number of hydrogen-bond donors (Lipinski definition) is 2. The van der Waals surface area contributed by atoms with E-state index in [0.29, 0.717) is 5.82 Å². The second-order valence-electron chi connectivity index (χ2n) is 4.44. The van der Waals surface area contributed by atoms with Crippen molar-refractivity contribution >= 4 is 16.7 Å². The number of nitrogens with two attached hydrogens (primary N) is 1. The van der Waals surface area contributed by atoms with Crippen molar-refractivity contribution < 1.29 is 4.74 Å². The lowest BCUT2D eigenvalue weighted by Gasteiger charge is -2.14. The number of fused-ring (bicyclic) bond motifs is 1. The minimum absolute atomic E-state index is 0.699. The molecular weight excluding hydrogens is 228 g/mol. The predicted octanol–water partition coefficient (Wildman–Crippen LogP) is 1.59. The highest BCUT2D eigenvalue weighted by molar-refractivity contribution is 5.83. The molecule has 3 N–H and O–H groups in total. The maximum absolute atomic E-state index is 5.53. The summed E-state index contributed by atoms with van der Waals surface area (Å²) >= 11 is 0. The van der Waals surface area contributed by atoms with Crippen LogP contribution in [0.4, 0.5) is 5.82 Å². The monoisotopic (exact) mass is 246 g/mol. The van der Waals surface area contributed by atoms with E-state index in [0.717, 1.165) is 28.8 Å². The average Bonchev–Trinajstić information content (AvgIpc) is 2.36. The second kappa shape index (κ2) is 5.20. The van der Waals surface area contributed by atoms with E-state index in [1.54, 1.807) is 7.11 Å². The van der Waals surface area contributed by atoms with E-state index in [4.69, 9.17) is 10.6 Å². The molecule has 0 fully saturated rings. The zero-order valence-corrected chi connectivity index (χ0v) is 10.9. The molecule has 0 aliphatic rings. The fourth-order valence-electron chi connectivity index (χ4n) is 1.90. The fraction of sp³-hybridized carbons (Fsp3) is 0.308. The standard InChI is InChI=1S/C13H18N4O/c1-17(2)8-10-6-9-4-5-11(18-3)7-12(9)15-13(10)16-14/h4-7H,8,14H2,1-3H3,(H,15,16). The van der Waals surface area contributed by atoms with Crippen molar-refractivity contribution in [2.24, 2.45) is 5.84 Å². The first-order valence-corrected chi connectivity index (χ1v) is 5.73. The molecular formula is C13H18N4O. The molecule has 0 aliphatic heterocycles. The molecule has 1 heterocycles. The quantitative estimate of drug-likeness (QED) is 0.633. The SMILES string of the molecule is COc1ccc2cc(CN(C)C)c(NN)nc2c1. The Morgan fingerprint density at radius 2 is 2.11 bits per heavy atom. The van der Waals surface area contributed by atoms with Crippen LogP contribution in [-0.2, 0) is 6.54 Å². The molecule has 2 aromatic rings.